The topological polar surface area (TPSA) is 131 Å². The SMILES string of the molecule is CC/C=C\C/C=C\C/C=C\C/C=C\C/C=C\C/C=C\CCCCC(=O)OCC(O)COP(=O)(O)OCCNC(=O)CCCCCCCCC/C=C\C/C=C\C/C=C\CC. The number of phosphoric ester groups is 1. The van der Waals surface area contributed by atoms with E-state index in [1.807, 2.05) is 0 Å². The number of carbonyl (C=O) groups is 2. The first-order valence-electron chi connectivity index (χ1n) is 22.4. The van der Waals surface area contributed by atoms with Gasteiger partial charge in [0.05, 0.1) is 13.2 Å². The predicted octanol–water partition coefficient (Wildman–Crippen LogP) is 12.8. The van der Waals surface area contributed by atoms with Crippen LogP contribution in [-0.2, 0) is 27.9 Å². The van der Waals surface area contributed by atoms with Crippen molar-refractivity contribution >= 4 is 19.7 Å². The molecule has 0 aliphatic heterocycles. The van der Waals surface area contributed by atoms with E-state index in [4.69, 9.17) is 13.8 Å². The molecule has 0 aromatic carbocycles. The molecule has 2 atom stereocenters. The van der Waals surface area contributed by atoms with E-state index in [9.17, 15) is 24.2 Å². The minimum atomic E-state index is -4.44. The summed E-state index contributed by atoms with van der Waals surface area (Å²) in [6.45, 7) is 3.24. The average Bonchev–Trinajstić information content (AvgIpc) is 3.22. The quantitative estimate of drug-likeness (QED) is 0.0240. The minimum absolute atomic E-state index is 0.0635. The van der Waals surface area contributed by atoms with Crippen molar-refractivity contribution in [2.75, 3.05) is 26.4 Å². The second-order valence-electron chi connectivity index (χ2n) is 14.3. The maximum Gasteiger partial charge on any atom is 0.472 e. The van der Waals surface area contributed by atoms with Gasteiger partial charge in [0.1, 0.15) is 12.7 Å². The number of nitrogens with one attached hydrogen (secondary N) is 1. The smallest absolute Gasteiger partial charge is 0.463 e. The molecule has 9 nitrogen and oxygen atoms in total. The Morgan fingerprint density at radius 2 is 0.915 bits per heavy atom. The number of carbonyl (C=O) groups excluding carboxylic acids is 2. The Kier molecular flexibility index (Phi) is 41.7. The van der Waals surface area contributed by atoms with Crippen LogP contribution in [0.25, 0.3) is 0 Å². The lowest BCUT2D eigenvalue weighted by Crippen LogP contribution is -2.27. The Morgan fingerprint density at radius 1 is 0.525 bits per heavy atom. The van der Waals surface area contributed by atoms with Gasteiger partial charge < -0.3 is 20.1 Å². The molecule has 0 aromatic rings. The van der Waals surface area contributed by atoms with E-state index in [1.165, 1.54) is 25.7 Å². The molecular weight excluding hydrogens is 762 g/mol. The van der Waals surface area contributed by atoms with E-state index >= 15 is 0 Å². The fourth-order valence-corrected chi connectivity index (χ4v) is 6.15. The van der Waals surface area contributed by atoms with Gasteiger partial charge in [-0.25, -0.2) is 4.57 Å². The molecule has 0 aliphatic carbocycles. The second-order valence-corrected chi connectivity index (χ2v) is 15.7. The van der Waals surface area contributed by atoms with E-state index in [1.54, 1.807) is 0 Å². The van der Waals surface area contributed by atoms with Crippen LogP contribution in [-0.4, -0.2) is 54.3 Å². The lowest BCUT2D eigenvalue weighted by Gasteiger charge is -2.15. The summed E-state index contributed by atoms with van der Waals surface area (Å²) in [6, 6.07) is 0. The highest BCUT2D eigenvalue weighted by molar-refractivity contribution is 7.47. The van der Waals surface area contributed by atoms with Gasteiger partial charge >= 0.3 is 13.8 Å². The number of aliphatic hydroxyl groups is 1. The van der Waals surface area contributed by atoms with Crippen LogP contribution < -0.4 is 5.32 Å². The molecule has 0 rings (SSSR count). The highest BCUT2D eigenvalue weighted by atomic mass is 31.2. The van der Waals surface area contributed by atoms with Crippen LogP contribution in [0, 0.1) is 0 Å². The van der Waals surface area contributed by atoms with Gasteiger partial charge in [-0.05, 0) is 96.3 Å². The van der Waals surface area contributed by atoms with Crippen molar-refractivity contribution in [2.24, 2.45) is 0 Å². The summed E-state index contributed by atoms with van der Waals surface area (Å²) in [7, 11) is -4.44. The third-order valence-corrected chi connectivity index (χ3v) is 9.68. The number of unbranched alkanes of at least 4 members (excludes halogenated alkanes) is 9. The summed E-state index contributed by atoms with van der Waals surface area (Å²) < 4.78 is 26.9. The zero-order valence-corrected chi connectivity index (χ0v) is 37.5. The molecule has 0 saturated heterocycles. The summed E-state index contributed by atoms with van der Waals surface area (Å²) in [5, 5.41) is 12.7. The molecule has 334 valence electrons. The van der Waals surface area contributed by atoms with Crippen molar-refractivity contribution in [3.05, 3.63) is 109 Å². The van der Waals surface area contributed by atoms with E-state index in [0.29, 0.717) is 12.8 Å². The molecule has 3 N–H and O–H groups in total. The molecular formula is C49H80NO8P. The minimum Gasteiger partial charge on any atom is -0.463 e. The third kappa shape index (κ3) is 45.6. The molecule has 0 saturated carbocycles. The molecule has 59 heavy (non-hydrogen) atoms. The van der Waals surface area contributed by atoms with Crippen LogP contribution in [0.4, 0.5) is 0 Å². The van der Waals surface area contributed by atoms with Gasteiger partial charge in [-0.2, -0.15) is 0 Å². The van der Waals surface area contributed by atoms with E-state index < -0.39 is 26.5 Å². The normalized spacial score (nSPS) is 14.3. The zero-order valence-electron chi connectivity index (χ0n) is 36.6. The first-order valence-corrected chi connectivity index (χ1v) is 23.9. The van der Waals surface area contributed by atoms with Gasteiger partial charge in [0.2, 0.25) is 5.91 Å². The highest BCUT2D eigenvalue weighted by Gasteiger charge is 2.23. The molecule has 0 heterocycles. The standard InChI is InChI=1S/C49H80NO8P/c1-3-5-7-9-11-13-15-17-19-21-22-23-24-26-28-30-32-34-36-38-40-42-49(53)56-45-47(51)46-58-59(54,55)57-44-43-50-48(52)41-39-37-35-33-31-29-27-25-20-18-16-14-12-10-8-6-4-2/h5-8,11-14,17-20,22-23,26,28,32,34,47,51H,3-4,9-10,15-16,21,24-25,27,29-31,33,35-46H2,1-2H3,(H,50,52)(H,54,55)/b7-5-,8-6-,13-11-,14-12-,19-17-,20-18-,23-22-,28-26-,34-32-. The van der Waals surface area contributed by atoms with Crippen LogP contribution in [0.2, 0.25) is 0 Å². The lowest BCUT2D eigenvalue weighted by molar-refractivity contribution is -0.147. The highest BCUT2D eigenvalue weighted by Crippen LogP contribution is 2.42. The molecule has 0 aromatic heterocycles. The molecule has 0 radical (unpaired) electrons. The van der Waals surface area contributed by atoms with Crippen LogP contribution in [0.1, 0.15) is 155 Å². The van der Waals surface area contributed by atoms with E-state index in [2.05, 4.69) is 129 Å². The Hall–Kier alpha value is -3.33. The number of allylic oxidation sites excluding steroid dienone is 18. The van der Waals surface area contributed by atoms with Crippen LogP contribution >= 0.6 is 7.82 Å². The predicted molar refractivity (Wildman–Crippen MR) is 247 cm³/mol. The number of phosphoric acid groups is 1. The van der Waals surface area contributed by atoms with Gasteiger partial charge in [-0.3, -0.25) is 18.6 Å². The number of hydrogen-bond acceptors (Lipinski definition) is 7. The van der Waals surface area contributed by atoms with Gasteiger partial charge in [-0.1, -0.05) is 155 Å². The Labute approximate surface area is 358 Å². The molecule has 0 fully saturated rings. The first kappa shape index (κ1) is 55.7. The number of esters is 1. The van der Waals surface area contributed by atoms with Crippen molar-refractivity contribution in [1.29, 1.82) is 0 Å². The molecule has 10 heteroatoms. The second kappa shape index (κ2) is 44.2. The van der Waals surface area contributed by atoms with Gasteiger partial charge in [0.15, 0.2) is 0 Å². The molecule has 0 aliphatic rings. The van der Waals surface area contributed by atoms with Crippen LogP contribution in [0.15, 0.2) is 109 Å². The zero-order chi connectivity index (χ0) is 43.2. The third-order valence-electron chi connectivity index (χ3n) is 8.70. The number of ether oxygens (including phenoxy) is 1. The van der Waals surface area contributed by atoms with Gasteiger partial charge in [-0.15, -0.1) is 0 Å². The molecule has 1 amide bonds. The van der Waals surface area contributed by atoms with Crippen molar-refractivity contribution in [3.63, 3.8) is 0 Å². The maximum atomic E-state index is 12.1. The molecule has 0 bridgehead atoms. The summed E-state index contributed by atoms with van der Waals surface area (Å²) in [5.74, 6) is -0.581. The van der Waals surface area contributed by atoms with E-state index in [-0.39, 0.29) is 32.1 Å². The molecule has 2 unspecified atom stereocenters. The van der Waals surface area contributed by atoms with Crippen molar-refractivity contribution in [2.45, 2.75) is 161 Å². The number of rotatable bonds is 40. The Morgan fingerprint density at radius 3 is 1.39 bits per heavy atom. The van der Waals surface area contributed by atoms with Crippen molar-refractivity contribution < 1.29 is 37.9 Å². The fraction of sp³-hybridized carbons (Fsp3) is 0.592. The summed E-state index contributed by atoms with van der Waals surface area (Å²) >= 11 is 0. The number of hydrogen-bond donors (Lipinski definition) is 3. The Balaban J connectivity index is 3.72. The molecule has 0 spiro atoms. The number of amides is 1. The maximum absolute atomic E-state index is 12.1. The van der Waals surface area contributed by atoms with Gasteiger partial charge in [0.25, 0.3) is 0 Å². The first-order chi connectivity index (χ1) is 28.8. The van der Waals surface area contributed by atoms with Crippen molar-refractivity contribution in [3.8, 4) is 0 Å². The lowest BCUT2D eigenvalue weighted by atomic mass is 10.1. The summed E-state index contributed by atoms with van der Waals surface area (Å²) in [5.41, 5.74) is 0. The fourth-order valence-electron chi connectivity index (χ4n) is 5.40. The Bertz CT molecular complexity index is 1330. The largest absolute Gasteiger partial charge is 0.472 e. The van der Waals surface area contributed by atoms with Crippen LogP contribution in [0.5, 0.6) is 0 Å². The summed E-state index contributed by atoms with van der Waals surface area (Å²) in [6.07, 6.45) is 58.8. The van der Waals surface area contributed by atoms with Crippen molar-refractivity contribution in [1.82, 2.24) is 5.32 Å². The van der Waals surface area contributed by atoms with Crippen LogP contribution in [0.3, 0.4) is 0 Å². The monoisotopic (exact) mass is 842 g/mol. The van der Waals surface area contributed by atoms with Gasteiger partial charge in [0, 0.05) is 19.4 Å². The summed E-state index contributed by atoms with van der Waals surface area (Å²) in [4.78, 5) is 33.9. The van der Waals surface area contributed by atoms with E-state index in [0.717, 1.165) is 96.3 Å². The average molecular weight is 842 g/mol. The number of aliphatic hydroxyl groups excluding tert-OH is 1.